The number of anilines is 1. The number of ether oxygens (including phenoxy) is 1. The Balaban J connectivity index is 1.67. The van der Waals surface area contributed by atoms with E-state index in [-0.39, 0.29) is 23.5 Å². The lowest BCUT2D eigenvalue weighted by molar-refractivity contribution is 0.0635. The Hall–Kier alpha value is -2.88. The Morgan fingerprint density at radius 3 is 2.39 bits per heavy atom. The molecule has 1 aliphatic rings. The van der Waals surface area contributed by atoms with Gasteiger partial charge in [0, 0.05) is 36.1 Å². The molecule has 0 spiro atoms. The summed E-state index contributed by atoms with van der Waals surface area (Å²) in [7, 11) is -1.30. The van der Waals surface area contributed by atoms with Crippen LogP contribution in [-0.2, 0) is 21.1 Å². The molecule has 1 aromatic carbocycles. The molecule has 180 valence electrons. The van der Waals surface area contributed by atoms with Gasteiger partial charge in [0.05, 0.1) is 23.2 Å². The zero-order valence-corrected chi connectivity index (χ0v) is 20.8. The van der Waals surface area contributed by atoms with E-state index in [1.165, 1.54) is 0 Å². The summed E-state index contributed by atoms with van der Waals surface area (Å²) in [6.07, 6.45) is -0.000872. The van der Waals surface area contributed by atoms with Crippen LogP contribution in [0.1, 0.15) is 60.5 Å². The van der Waals surface area contributed by atoms with Crippen LogP contribution in [-0.4, -0.2) is 59.3 Å². The van der Waals surface area contributed by atoms with Crippen molar-refractivity contribution in [1.82, 2.24) is 14.7 Å². The first kappa shape index (κ1) is 24.8. The molecule has 1 saturated heterocycles. The molecule has 33 heavy (non-hydrogen) atoms. The number of nitrogens with zero attached hydrogens (tertiary/aromatic N) is 3. The molecule has 2 heterocycles. The van der Waals surface area contributed by atoms with E-state index in [2.05, 4.69) is 10.4 Å². The van der Waals surface area contributed by atoms with Gasteiger partial charge in [-0.1, -0.05) is 0 Å². The molecular weight excluding hydrogens is 444 g/mol. The third kappa shape index (κ3) is 6.13. The van der Waals surface area contributed by atoms with Crippen LogP contribution in [0.4, 0.5) is 10.5 Å². The highest BCUT2D eigenvalue weighted by atomic mass is 32.2. The van der Waals surface area contributed by atoms with Gasteiger partial charge in [-0.15, -0.1) is 0 Å². The fraction of sp³-hybridized carbons (Fsp3) is 0.522. The van der Waals surface area contributed by atoms with Crippen molar-refractivity contribution in [3.63, 3.8) is 0 Å². The van der Waals surface area contributed by atoms with Crippen LogP contribution >= 0.6 is 0 Å². The van der Waals surface area contributed by atoms with Gasteiger partial charge in [-0.05, 0) is 65.3 Å². The molecule has 0 aliphatic carbocycles. The molecule has 2 amide bonds. The monoisotopic (exact) mass is 476 g/mol. The van der Waals surface area contributed by atoms with Gasteiger partial charge in [0.25, 0.3) is 5.91 Å². The molecule has 0 saturated carbocycles. The number of carbonyl (C=O) groups excluding carboxylic acids is 2. The third-order valence-corrected chi connectivity index (χ3v) is 7.30. The maximum absolute atomic E-state index is 12.9. The van der Waals surface area contributed by atoms with Crippen molar-refractivity contribution >= 4 is 27.5 Å². The van der Waals surface area contributed by atoms with Crippen molar-refractivity contribution in [1.29, 1.82) is 0 Å². The Morgan fingerprint density at radius 2 is 1.85 bits per heavy atom. The molecular formula is C23H32N4O5S. The molecule has 2 aromatic rings. The highest BCUT2D eigenvalue weighted by Gasteiger charge is 2.31. The fourth-order valence-electron chi connectivity index (χ4n) is 3.90. The second kappa shape index (κ2) is 9.17. The topological polar surface area (TPSA) is 111 Å². The summed E-state index contributed by atoms with van der Waals surface area (Å²) in [6.45, 7) is 9.49. The summed E-state index contributed by atoms with van der Waals surface area (Å²) in [5.74, 6) is 0.115. The first-order chi connectivity index (χ1) is 15.3. The van der Waals surface area contributed by atoms with Gasteiger partial charge in [-0.3, -0.25) is 14.8 Å². The second-order valence-corrected chi connectivity index (χ2v) is 11.7. The van der Waals surface area contributed by atoms with Crippen molar-refractivity contribution in [3.05, 3.63) is 46.8 Å². The van der Waals surface area contributed by atoms with Gasteiger partial charge in [0.1, 0.15) is 5.60 Å². The zero-order valence-electron chi connectivity index (χ0n) is 20.0. The van der Waals surface area contributed by atoms with E-state index < -0.39 is 21.5 Å². The Morgan fingerprint density at radius 1 is 1.21 bits per heavy atom. The van der Waals surface area contributed by atoms with Gasteiger partial charge in [0.2, 0.25) is 0 Å². The molecule has 9 nitrogen and oxygen atoms in total. The largest absolute Gasteiger partial charge is 0.444 e. The number of rotatable bonds is 5. The van der Waals surface area contributed by atoms with E-state index in [0.29, 0.717) is 24.2 Å². The van der Waals surface area contributed by atoms with Gasteiger partial charge in [-0.25, -0.2) is 13.2 Å². The standard InChI is InChI=1S/C23H32N4O5S/c1-15-20(16(2)27(25-15)19-11-12-33(30,31)14-19)13-26(6)21(28)17-7-9-18(10-8-17)24-22(29)32-23(3,4)5/h7-10,19H,11-14H2,1-6H3,(H,24,29)/t19-/m0/s1. The number of carbonyl (C=O) groups is 2. The quantitative estimate of drug-likeness (QED) is 0.707. The molecule has 1 aromatic heterocycles. The number of sulfone groups is 1. The van der Waals surface area contributed by atoms with E-state index in [1.54, 1.807) is 61.7 Å². The maximum Gasteiger partial charge on any atom is 0.412 e. The Kier molecular flexibility index (Phi) is 6.88. The molecule has 10 heteroatoms. The summed E-state index contributed by atoms with van der Waals surface area (Å²) in [5, 5.41) is 7.21. The summed E-state index contributed by atoms with van der Waals surface area (Å²) < 4.78 is 30.7. The smallest absolute Gasteiger partial charge is 0.412 e. The van der Waals surface area contributed by atoms with Gasteiger partial charge in [0.15, 0.2) is 9.84 Å². The number of hydrogen-bond donors (Lipinski definition) is 1. The number of nitrogens with one attached hydrogen (secondary N) is 1. The molecule has 3 rings (SSSR count). The molecule has 1 aliphatic heterocycles. The number of hydrogen-bond acceptors (Lipinski definition) is 6. The minimum Gasteiger partial charge on any atom is -0.444 e. The summed E-state index contributed by atoms with van der Waals surface area (Å²) in [5.41, 5.74) is 3.00. The molecule has 0 bridgehead atoms. The predicted molar refractivity (Wildman–Crippen MR) is 126 cm³/mol. The lowest BCUT2D eigenvalue weighted by Gasteiger charge is -2.20. The Bertz CT molecular complexity index is 1150. The van der Waals surface area contributed by atoms with Crippen LogP contribution < -0.4 is 5.32 Å². The second-order valence-electron chi connectivity index (χ2n) is 9.52. The van der Waals surface area contributed by atoms with E-state index in [4.69, 9.17) is 4.74 Å². The maximum atomic E-state index is 12.9. The normalized spacial score (nSPS) is 17.6. The van der Waals surface area contributed by atoms with Crippen molar-refractivity contribution in [2.24, 2.45) is 0 Å². The molecule has 1 N–H and O–H groups in total. The summed E-state index contributed by atoms with van der Waals surface area (Å²) in [4.78, 5) is 26.5. The van der Waals surface area contributed by atoms with Crippen LogP contribution in [0.15, 0.2) is 24.3 Å². The highest BCUT2D eigenvalue weighted by molar-refractivity contribution is 7.91. The van der Waals surface area contributed by atoms with Gasteiger partial charge < -0.3 is 9.64 Å². The minimum absolute atomic E-state index is 0.104. The molecule has 0 radical (unpaired) electrons. The number of benzene rings is 1. The van der Waals surface area contributed by atoms with Crippen molar-refractivity contribution < 1.29 is 22.7 Å². The van der Waals surface area contributed by atoms with E-state index in [1.807, 2.05) is 13.8 Å². The lowest BCUT2D eigenvalue weighted by Crippen LogP contribution is -2.27. The average molecular weight is 477 g/mol. The average Bonchev–Trinajstić information content (AvgIpc) is 3.19. The van der Waals surface area contributed by atoms with E-state index in [9.17, 15) is 18.0 Å². The van der Waals surface area contributed by atoms with Gasteiger partial charge in [-0.2, -0.15) is 5.10 Å². The number of aromatic nitrogens is 2. The van der Waals surface area contributed by atoms with Crippen LogP contribution in [0.2, 0.25) is 0 Å². The number of amides is 2. The summed E-state index contributed by atoms with van der Waals surface area (Å²) in [6, 6.07) is 6.45. The molecule has 1 atom stereocenters. The Labute approximate surface area is 195 Å². The molecule has 1 fully saturated rings. The van der Waals surface area contributed by atoms with Crippen LogP contribution in [0.3, 0.4) is 0 Å². The van der Waals surface area contributed by atoms with E-state index >= 15 is 0 Å². The van der Waals surface area contributed by atoms with Crippen LogP contribution in [0.25, 0.3) is 0 Å². The number of aryl methyl sites for hydroxylation is 1. The highest BCUT2D eigenvalue weighted by Crippen LogP contribution is 2.27. The summed E-state index contributed by atoms with van der Waals surface area (Å²) >= 11 is 0. The molecule has 0 unspecified atom stereocenters. The van der Waals surface area contributed by atoms with Crippen LogP contribution in [0.5, 0.6) is 0 Å². The van der Waals surface area contributed by atoms with Crippen molar-refractivity contribution in [3.8, 4) is 0 Å². The first-order valence-electron chi connectivity index (χ1n) is 10.9. The SMILES string of the molecule is Cc1nn([C@H]2CCS(=O)(=O)C2)c(C)c1CN(C)C(=O)c1ccc(NC(=O)OC(C)(C)C)cc1. The van der Waals surface area contributed by atoms with Crippen LogP contribution in [0, 0.1) is 13.8 Å². The predicted octanol–water partition coefficient (Wildman–Crippen LogP) is 3.48. The van der Waals surface area contributed by atoms with Gasteiger partial charge >= 0.3 is 6.09 Å². The van der Waals surface area contributed by atoms with Crippen molar-refractivity contribution in [2.75, 3.05) is 23.9 Å². The lowest BCUT2D eigenvalue weighted by atomic mass is 10.1. The first-order valence-corrected chi connectivity index (χ1v) is 12.7. The van der Waals surface area contributed by atoms with Crippen molar-refractivity contribution in [2.45, 2.75) is 59.2 Å². The fourth-order valence-corrected chi connectivity index (χ4v) is 5.59. The zero-order chi connectivity index (χ0) is 24.6. The third-order valence-electron chi connectivity index (χ3n) is 5.55. The van der Waals surface area contributed by atoms with E-state index in [0.717, 1.165) is 17.0 Å². The minimum atomic E-state index is -3.02.